The molecular weight excluding hydrogens is 322 g/mol. The summed E-state index contributed by atoms with van der Waals surface area (Å²) >= 11 is 0. The first-order valence-corrected chi connectivity index (χ1v) is 7.33. The third-order valence-corrected chi connectivity index (χ3v) is 3.76. The minimum atomic E-state index is -1.65. The van der Waals surface area contributed by atoms with Crippen LogP contribution in [0.2, 0.25) is 0 Å². The van der Waals surface area contributed by atoms with Crippen LogP contribution in [-0.2, 0) is 0 Å². The molecule has 0 saturated carbocycles. The Morgan fingerprint density at radius 2 is 1.48 bits per heavy atom. The molecule has 1 N–H and O–H groups in total. The minimum absolute atomic E-state index is 0.196. The molecule has 0 aromatic heterocycles. The second-order valence-corrected chi connectivity index (χ2v) is 5.32. The summed E-state index contributed by atoms with van der Waals surface area (Å²) in [5.41, 5.74) is -0.547. The SMILES string of the molecule is O=C([O-])c1ccc(C(=O)Nc2cccc3ccccc23)c(C(=O)[O-])c1. The summed E-state index contributed by atoms with van der Waals surface area (Å²) in [5.74, 6) is -3.87. The number of carbonyl (C=O) groups is 3. The summed E-state index contributed by atoms with van der Waals surface area (Å²) in [4.78, 5) is 34.6. The molecular formula is C19H11NO5-2. The van der Waals surface area contributed by atoms with Crippen molar-refractivity contribution in [1.82, 2.24) is 0 Å². The molecule has 0 aliphatic rings. The maximum atomic E-state index is 12.5. The van der Waals surface area contributed by atoms with E-state index in [0.29, 0.717) is 5.69 Å². The lowest BCUT2D eigenvalue weighted by molar-refractivity contribution is -0.255. The van der Waals surface area contributed by atoms with Crippen molar-refractivity contribution in [3.63, 3.8) is 0 Å². The van der Waals surface area contributed by atoms with Gasteiger partial charge >= 0.3 is 0 Å². The zero-order valence-corrected chi connectivity index (χ0v) is 12.8. The smallest absolute Gasteiger partial charge is 0.256 e. The van der Waals surface area contributed by atoms with E-state index in [9.17, 15) is 24.6 Å². The Balaban J connectivity index is 2.01. The molecule has 0 spiro atoms. The number of carboxylic acids is 2. The second-order valence-electron chi connectivity index (χ2n) is 5.32. The molecule has 0 radical (unpaired) electrons. The fraction of sp³-hybridized carbons (Fsp3) is 0. The Morgan fingerprint density at radius 1 is 0.760 bits per heavy atom. The number of hydrogen-bond donors (Lipinski definition) is 1. The molecule has 0 aliphatic carbocycles. The van der Waals surface area contributed by atoms with Crippen LogP contribution in [0.15, 0.2) is 60.7 Å². The maximum Gasteiger partial charge on any atom is 0.256 e. The van der Waals surface area contributed by atoms with Gasteiger partial charge in [-0.25, -0.2) is 0 Å². The zero-order chi connectivity index (χ0) is 18.0. The molecule has 0 atom stereocenters. The first-order chi connectivity index (χ1) is 12.0. The van der Waals surface area contributed by atoms with Gasteiger partial charge in [-0.2, -0.15) is 0 Å². The molecule has 0 bridgehead atoms. The van der Waals surface area contributed by atoms with Crippen LogP contribution < -0.4 is 15.5 Å². The number of aromatic carboxylic acids is 2. The van der Waals surface area contributed by atoms with Crippen molar-refractivity contribution in [2.75, 3.05) is 5.32 Å². The summed E-state index contributed by atoms with van der Waals surface area (Å²) in [6.07, 6.45) is 0. The summed E-state index contributed by atoms with van der Waals surface area (Å²) in [7, 11) is 0. The number of carbonyl (C=O) groups excluding carboxylic acids is 3. The van der Waals surface area contributed by atoms with Crippen molar-refractivity contribution in [3.8, 4) is 0 Å². The van der Waals surface area contributed by atoms with Crippen LogP contribution in [0.1, 0.15) is 31.1 Å². The predicted molar refractivity (Wildman–Crippen MR) is 87.0 cm³/mol. The van der Waals surface area contributed by atoms with Gasteiger partial charge in [0.1, 0.15) is 0 Å². The van der Waals surface area contributed by atoms with Gasteiger partial charge in [-0.15, -0.1) is 0 Å². The van der Waals surface area contributed by atoms with Gasteiger partial charge < -0.3 is 25.1 Å². The number of nitrogens with one attached hydrogen (secondary N) is 1. The standard InChI is InChI=1S/C19H13NO5/c21-17(14-9-8-12(18(22)23)10-15(14)19(24)25)20-16-7-3-5-11-4-1-2-6-13(11)16/h1-10H,(H,20,21)(H,22,23)(H,24,25)/p-2. The van der Waals surface area contributed by atoms with Gasteiger partial charge in [0.2, 0.25) is 0 Å². The van der Waals surface area contributed by atoms with Crippen molar-refractivity contribution in [2.24, 2.45) is 0 Å². The quantitative estimate of drug-likeness (QED) is 0.760. The molecule has 0 aliphatic heterocycles. The fourth-order valence-corrected chi connectivity index (χ4v) is 2.56. The summed E-state index contributed by atoms with van der Waals surface area (Å²) < 4.78 is 0. The Bertz CT molecular complexity index is 1000. The van der Waals surface area contributed by atoms with Crippen LogP contribution in [0.5, 0.6) is 0 Å². The topological polar surface area (TPSA) is 109 Å². The molecule has 124 valence electrons. The van der Waals surface area contributed by atoms with Gasteiger partial charge in [-0.05, 0) is 29.1 Å². The fourth-order valence-electron chi connectivity index (χ4n) is 2.56. The highest BCUT2D eigenvalue weighted by Crippen LogP contribution is 2.24. The van der Waals surface area contributed by atoms with Crippen LogP contribution in [-0.4, -0.2) is 17.8 Å². The molecule has 3 rings (SSSR count). The Kier molecular flexibility index (Phi) is 4.18. The highest BCUT2D eigenvalue weighted by molar-refractivity contribution is 6.13. The highest BCUT2D eigenvalue weighted by atomic mass is 16.4. The predicted octanol–water partition coefficient (Wildman–Crippen LogP) is 0.819. The zero-order valence-electron chi connectivity index (χ0n) is 12.8. The number of rotatable bonds is 4. The lowest BCUT2D eigenvalue weighted by Gasteiger charge is -2.14. The van der Waals surface area contributed by atoms with Gasteiger partial charge in [-0.3, -0.25) is 4.79 Å². The first-order valence-electron chi connectivity index (χ1n) is 7.33. The van der Waals surface area contributed by atoms with E-state index >= 15 is 0 Å². The van der Waals surface area contributed by atoms with Crippen LogP contribution in [0.3, 0.4) is 0 Å². The van der Waals surface area contributed by atoms with E-state index in [-0.39, 0.29) is 11.1 Å². The van der Waals surface area contributed by atoms with Gasteiger partial charge in [0, 0.05) is 22.2 Å². The van der Waals surface area contributed by atoms with Crippen molar-refractivity contribution >= 4 is 34.3 Å². The van der Waals surface area contributed by atoms with E-state index in [1.165, 1.54) is 0 Å². The molecule has 1 amide bonds. The van der Waals surface area contributed by atoms with Crippen molar-refractivity contribution in [3.05, 3.63) is 77.4 Å². The largest absolute Gasteiger partial charge is 0.545 e. The molecule has 0 fully saturated rings. The van der Waals surface area contributed by atoms with E-state index in [2.05, 4.69) is 5.32 Å². The average Bonchev–Trinajstić information content (AvgIpc) is 2.61. The van der Waals surface area contributed by atoms with E-state index < -0.39 is 23.4 Å². The maximum absolute atomic E-state index is 12.5. The number of amides is 1. The van der Waals surface area contributed by atoms with E-state index in [1.54, 1.807) is 12.1 Å². The molecule has 3 aromatic rings. The van der Waals surface area contributed by atoms with Crippen LogP contribution in [0, 0.1) is 0 Å². The van der Waals surface area contributed by atoms with Crippen molar-refractivity contribution in [1.29, 1.82) is 0 Å². The third kappa shape index (κ3) is 3.18. The molecule has 6 heteroatoms. The van der Waals surface area contributed by atoms with Crippen LogP contribution >= 0.6 is 0 Å². The molecule has 0 saturated heterocycles. The number of hydrogen-bond acceptors (Lipinski definition) is 5. The van der Waals surface area contributed by atoms with Crippen LogP contribution in [0.4, 0.5) is 5.69 Å². The van der Waals surface area contributed by atoms with E-state index in [4.69, 9.17) is 0 Å². The number of carboxylic acid groups (broad SMARTS) is 2. The first kappa shape index (κ1) is 16.2. The summed E-state index contributed by atoms with van der Waals surface area (Å²) in [5, 5.41) is 26.5. The molecule has 6 nitrogen and oxygen atoms in total. The van der Waals surface area contributed by atoms with Gasteiger partial charge in [0.25, 0.3) is 5.91 Å². The second kappa shape index (κ2) is 6.45. The minimum Gasteiger partial charge on any atom is -0.545 e. The lowest BCUT2D eigenvalue weighted by Crippen LogP contribution is -2.28. The van der Waals surface area contributed by atoms with E-state index in [0.717, 1.165) is 29.0 Å². The van der Waals surface area contributed by atoms with Crippen molar-refractivity contribution in [2.45, 2.75) is 0 Å². The van der Waals surface area contributed by atoms with Gasteiger partial charge in [0.05, 0.1) is 11.9 Å². The normalized spacial score (nSPS) is 10.4. The summed E-state index contributed by atoms with van der Waals surface area (Å²) in [6, 6.07) is 15.8. The van der Waals surface area contributed by atoms with Crippen LogP contribution in [0.25, 0.3) is 10.8 Å². The van der Waals surface area contributed by atoms with Crippen molar-refractivity contribution < 1.29 is 24.6 Å². The third-order valence-electron chi connectivity index (χ3n) is 3.76. The number of benzene rings is 3. The highest BCUT2D eigenvalue weighted by Gasteiger charge is 2.14. The average molecular weight is 333 g/mol. The Morgan fingerprint density at radius 3 is 2.20 bits per heavy atom. The summed E-state index contributed by atoms with van der Waals surface area (Å²) in [6.45, 7) is 0. The lowest BCUT2D eigenvalue weighted by atomic mass is 10.0. The Hall–Kier alpha value is -3.67. The molecule has 0 heterocycles. The Labute approximate surface area is 142 Å². The van der Waals surface area contributed by atoms with E-state index in [1.807, 2.05) is 30.3 Å². The monoisotopic (exact) mass is 333 g/mol. The molecule has 0 unspecified atom stereocenters. The molecule has 3 aromatic carbocycles. The number of fused-ring (bicyclic) bond motifs is 1. The van der Waals surface area contributed by atoms with Gasteiger partial charge in [-0.1, -0.05) is 42.5 Å². The molecule has 25 heavy (non-hydrogen) atoms. The van der Waals surface area contributed by atoms with Gasteiger partial charge in [0.15, 0.2) is 0 Å². The number of anilines is 1.